The number of nitrogens with two attached hydrogens (primary N) is 1. The number of carbonyl (C=O) groups is 2. The maximum atomic E-state index is 14.2. The van der Waals surface area contributed by atoms with Gasteiger partial charge < -0.3 is 24.9 Å². The maximum Gasteiger partial charge on any atom is 0.490 e. The fourth-order valence-corrected chi connectivity index (χ4v) is 3.81. The Kier molecular flexibility index (Phi) is 7.73. The number of carboxylic acid groups (broad SMARTS) is 2. The first kappa shape index (κ1) is 29.1. The van der Waals surface area contributed by atoms with Gasteiger partial charge in [-0.1, -0.05) is 0 Å². The third-order valence-electron chi connectivity index (χ3n) is 5.53. The summed E-state index contributed by atoms with van der Waals surface area (Å²) in [6, 6.07) is 4.26. The number of aryl methyl sites for hydroxylation is 1. The number of benzene rings is 1. The molecule has 0 aliphatic carbocycles. The highest BCUT2D eigenvalue weighted by Crippen LogP contribution is 2.41. The van der Waals surface area contributed by atoms with Crippen LogP contribution in [0.15, 0.2) is 47.5 Å². The molecule has 1 aromatic carbocycles. The molecule has 0 saturated heterocycles. The van der Waals surface area contributed by atoms with Crippen molar-refractivity contribution >= 4 is 28.5 Å². The second-order valence-corrected chi connectivity index (χ2v) is 8.08. The number of aliphatic carboxylic acids is 2. The van der Waals surface area contributed by atoms with Crippen LogP contribution in [0.2, 0.25) is 0 Å². The van der Waals surface area contributed by atoms with Gasteiger partial charge in [0.2, 0.25) is 0 Å². The Morgan fingerprint density at radius 3 is 2.23 bits per heavy atom. The third-order valence-corrected chi connectivity index (χ3v) is 5.53. The van der Waals surface area contributed by atoms with Gasteiger partial charge in [0.15, 0.2) is 0 Å². The Morgan fingerprint density at radius 2 is 1.69 bits per heavy atom. The van der Waals surface area contributed by atoms with Crippen molar-refractivity contribution in [1.29, 1.82) is 0 Å². The van der Waals surface area contributed by atoms with Crippen LogP contribution in [0.4, 0.5) is 30.7 Å². The second kappa shape index (κ2) is 10.4. The van der Waals surface area contributed by atoms with Crippen LogP contribution in [-0.2, 0) is 29.2 Å². The van der Waals surface area contributed by atoms with Crippen molar-refractivity contribution in [2.24, 2.45) is 12.8 Å². The number of halogens is 7. The van der Waals surface area contributed by atoms with Gasteiger partial charge in [-0.2, -0.15) is 26.3 Å². The number of carboxylic acids is 2. The monoisotopic (exact) mass is 562 g/mol. The standard InChI is InChI=1S/C21H16F4N4O3.C2HF3O2/c1-28-15-5-2-10(22)8-13(15)17(21(23,24)25)16(19(28)30)12-4-3-11(9-14(26)20(31)32)29-7-6-27-18(12)29;3-2(4,5)1(6)7/h2-8,14H,9,26H2,1H3,(H,31,32);(H,6,7)/t14-;/m0./s1. The normalized spacial score (nSPS) is 12.7. The molecule has 4 rings (SSSR count). The Labute approximate surface area is 212 Å². The smallest absolute Gasteiger partial charge is 0.480 e. The molecular weight excluding hydrogens is 545 g/mol. The minimum absolute atomic E-state index is 0.0124. The molecule has 208 valence electrons. The van der Waals surface area contributed by atoms with Crippen LogP contribution in [0.25, 0.3) is 27.7 Å². The first-order valence-electron chi connectivity index (χ1n) is 10.6. The van der Waals surface area contributed by atoms with E-state index in [-0.39, 0.29) is 23.1 Å². The molecule has 16 heteroatoms. The molecule has 0 bridgehead atoms. The predicted molar refractivity (Wildman–Crippen MR) is 121 cm³/mol. The highest BCUT2D eigenvalue weighted by Gasteiger charge is 2.39. The molecule has 0 aliphatic heterocycles. The highest BCUT2D eigenvalue weighted by molar-refractivity contribution is 5.92. The number of hydrogen-bond acceptors (Lipinski definition) is 5. The van der Waals surface area contributed by atoms with E-state index in [0.29, 0.717) is 5.69 Å². The summed E-state index contributed by atoms with van der Waals surface area (Å²) in [6.45, 7) is 0. The molecule has 3 heterocycles. The van der Waals surface area contributed by atoms with Gasteiger partial charge in [0.05, 0.1) is 16.6 Å². The SMILES string of the molecule is Cn1c(=O)c(-c2ccc(C[C@H](N)C(=O)O)n3ccnc23)c(C(F)(F)F)c2cc(F)ccc21.O=C(O)C(F)(F)F. The Hall–Kier alpha value is -4.47. The van der Waals surface area contributed by atoms with Gasteiger partial charge >= 0.3 is 24.3 Å². The van der Waals surface area contributed by atoms with Crippen LogP contribution in [-0.4, -0.2) is 48.3 Å². The number of nitrogens with zero attached hydrogens (tertiary/aromatic N) is 3. The molecule has 9 nitrogen and oxygen atoms in total. The lowest BCUT2D eigenvalue weighted by Crippen LogP contribution is -2.33. The van der Waals surface area contributed by atoms with E-state index >= 15 is 0 Å². The lowest BCUT2D eigenvalue weighted by Gasteiger charge is -2.19. The summed E-state index contributed by atoms with van der Waals surface area (Å²) in [4.78, 5) is 37.2. The Morgan fingerprint density at radius 1 is 1.08 bits per heavy atom. The first-order chi connectivity index (χ1) is 17.9. The van der Waals surface area contributed by atoms with Crippen LogP contribution in [0.5, 0.6) is 0 Å². The van der Waals surface area contributed by atoms with Gasteiger partial charge in [0.25, 0.3) is 5.56 Å². The van der Waals surface area contributed by atoms with Gasteiger partial charge in [-0.3, -0.25) is 9.59 Å². The molecule has 0 spiro atoms. The lowest BCUT2D eigenvalue weighted by atomic mass is 9.96. The van der Waals surface area contributed by atoms with Crippen molar-refractivity contribution in [2.75, 3.05) is 0 Å². The van der Waals surface area contributed by atoms with E-state index in [0.717, 1.165) is 22.8 Å². The predicted octanol–water partition coefficient (Wildman–Crippen LogP) is 3.60. The van der Waals surface area contributed by atoms with Crippen molar-refractivity contribution in [1.82, 2.24) is 14.0 Å². The van der Waals surface area contributed by atoms with Gasteiger partial charge in [-0.15, -0.1) is 0 Å². The zero-order valence-electron chi connectivity index (χ0n) is 19.5. The molecule has 0 saturated carbocycles. The van der Waals surface area contributed by atoms with Crippen molar-refractivity contribution in [2.45, 2.75) is 24.8 Å². The third kappa shape index (κ3) is 5.84. The summed E-state index contributed by atoms with van der Waals surface area (Å²) in [5.74, 6) is -4.88. The summed E-state index contributed by atoms with van der Waals surface area (Å²) in [6.07, 6.45) is -7.42. The molecule has 0 fully saturated rings. The van der Waals surface area contributed by atoms with Gasteiger partial charge in [0.1, 0.15) is 17.5 Å². The number of hydrogen-bond donors (Lipinski definition) is 3. The number of fused-ring (bicyclic) bond motifs is 2. The molecule has 39 heavy (non-hydrogen) atoms. The van der Waals surface area contributed by atoms with Crippen LogP contribution in [0, 0.1) is 5.82 Å². The molecule has 1 atom stereocenters. The first-order valence-corrected chi connectivity index (χ1v) is 10.6. The van der Waals surface area contributed by atoms with Crippen LogP contribution in [0.3, 0.4) is 0 Å². The summed E-state index contributed by atoms with van der Waals surface area (Å²) in [5, 5.41) is 15.7. The van der Waals surface area contributed by atoms with Crippen molar-refractivity contribution in [3.05, 3.63) is 70.2 Å². The summed E-state index contributed by atoms with van der Waals surface area (Å²) >= 11 is 0. The average Bonchev–Trinajstić information content (AvgIpc) is 3.31. The van der Waals surface area contributed by atoms with E-state index in [4.69, 9.17) is 20.7 Å². The molecule has 0 radical (unpaired) electrons. The zero-order chi connectivity index (χ0) is 29.4. The van der Waals surface area contributed by atoms with E-state index in [1.165, 1.54) is 36.0 Å². The fourth-order valence-electron chi connectivity index (χ4n) is 3.81. The van der Waals surface area contributed by atoms with Crippen LogP contribution in [0.1, 0.15) is 11.3 Å². The summed E-state index contributed by atoms with van der Waals surface area (Å²) in [5.41, 5.74) is 2.91. The van der Waals surface area contributed by atoms with Crippen molar-refractivity contribution in [3.8, 4) is 11.1 Å². The van der Waals surface area contributed by atoms with Crippen LogP contribution >= 0.6 is 0 Å². The van der Waals surface area contributed by atoms with E-state index in [1.54, 1.807) is 0 Å². The minimum Gasteiger partial charge on any atom is -0.480 e. The highest BCUT2D eigenvalue weighted by atomic mass is 19.4. The minimum atomic E-state index is -5.08. The van der Waals surface area contributed by atoms with Crippen molar-refractivity contribution < 1.29 is 50.5 Å². The quantitative estimate of drug-likeness (QED) is 0.323. The zero-order valence-corrected chi connectivity index (χ0v) is 19.5. The number of alkyl halides is 6. The average molecular weight is 562 g/mol. The van der Waals surface area contributed by atoms with E-state index in [1.807, 2.05) is 0 Å². The van der Waals surface area contributed by atoms with Gasteiger partial charge in [0, 0.05) is 42.5 Å². The molecular formula is C23H17F7N4O5. The second-order valence-electron chi connectivity index (χ2n) is 8.08. The number of imidazole rings is 1. The topological polar surface area (TPSA) is 140 Å². The number of pyridine rings is 2. The number of aromatic nitrogens is 3. The molecule has 4 N–H and O–H groups in total. The molecule has 3 aromatic heterocycles. The number of rotatable bonds is 4. The fraction of sp³-hybridized carbons (Fsp3) is 0.217. The molecule has 0 unspecified atom stereocenters. The lowest BCUT2D eigenvalue weighted by molar-refractivity contribution is -0.192. The molecule has 0 aliphatic rings. The largest absolute Gasteiger partial charge is 0.490 e. The van der Waals surface area contributed by atoms with Crippen LogP contribution < -0.4 is 11.3 Å². The Balaban J connectivity index is 0.000000532. The van der Waals surface area contributed by atoms with Crippen molar-refractivity contribution in [3.63, 3.8) is 0 Å². The van der Waals surface area contributed by atoms with E-state index in [9.17, 15) is 40.3 Å². The molecule has 4 aromatic rings. The van der Waals surface area contributed by atoms with Gasteiger partial charge in [-0.25, -0.2) is 14.2 Å². The maximum absolute atomic E-state index is 14.2. The Bertz CT molecular complexity index is 1640. The summed E-state index contributed by atoms with van der Waals surface area (Å²) < 4.78 is 90.6. The van der Waals surface area contributed by atoms with E-state index in [2.05, 4.69) is 4.98 Å². The van der Waals surface area contributed by atoms with E-state index < -0.39 is 58.2 Å². The van der Waals surface area contributed by atoms with Gasteiger partial charge in [-0.05, 0) is 30.3 Å². The molecule has 0 amide bonds. The summed E-state index contributed by atoms with van der Waals surface area (Å²) in [7, 11) is 1.30.